The van der Waals surface area contributed by atoms with Crippen LogP contribution in [0.2, 0.25) is 0 Å². The molecular formula is C61H5F15N22. The molecule has 464 valence electrons. The van der Waals surface area contributed by atoms with Gasteiger partial charge in [0, 0.05) is 5.56 Å². The van der Waals surface area contributed by atoms with Crippen molar-refractivity contribution in [2.75, 3.05) is 0 Å². The first-order valence-corrected chi connectivity index (χ1v) is 24.7. The monoisotopic (exact) mass is 1330 g/mol. The van der Waals surface area contributed by atoms with E-state index in [1.165, 1.54) is 12.1 Å². The van der Waals surface area contributed by atoms with E-state index in [1.807, 2.05) is 0 Å². The number of hydrogen-bond donors (Lipinski definition) is 0. The number of rotatable bonds is 4. The zero-order valence-electron chi connectivity index (χ0n) is 46.7. The first kappa shape index (κ1) is 69.6. The molecule has 37 heteroatoms. The predicted octanol–water partition coefficient (Wildman–Crippen LogP) is 13.4. The SMILES string of the molecule is N#CC(C#N)=C1C(F)=C(F)C(C(C#N)C#N)C(F)=C1F.[C-]#[N+]C(=C1C(=C(C#N)c2c(F)c(C)c(C#N)c(F)c2F)C1=C(C#N)c1c(F)c(F)c([N+]#[C-])c(F)c1F)c1c(F)c(F)c(C#N)c(F)c1F.[C-]#[N+]c1nc2c(nc1C#N)c1nc(C#N)c(C#N)nc1c1nc(C#N)c([N+]#[C-])nc12. The standard InChI is InChI=1S/C31H3F11N6.C18N12.C12H2F4N4/c1-8-9(4-43)20(33)23(36)15(19(8)32)10(5-44)13-14(11(6-45)16-24(37)28(41)31(48-3)29(42)25(16)38)17(13)30(47-2)18-26(39)21(34)12(7-46)22(35)27(18)40;1-23-17-9(5-21)27-13-11-12(26-8(4-20)7(3-19)25-11)14-16(15(13)29-17)30-18(24-2)10(6-22)28-14;13-9-7(5(1-17)2-18)10(14)12(16)8(11(9)15)6(3-19)4-20/h1H3;;5,7H. The van der Waals surface area contributed by atoms with Crippen molar-refractivity contribution in [2.24, 2.45) is 11.8 Å². The van der Waals surface area contributed by atoms with Crippen LogP contribution in [0.4, 0.5) is 83.2 Å². The Kier molecular flexibility index (Phi) is 19.4. The summed E-state index contributed by atoms with van der Waals surface area (Å²) in [6, 6.07) is 15.8. The number of nitrogens with zero attached hydrogens (tertiary/aromatic N) is 22. The highest BCUT2D eigenvalue weighted by atomic mass is 19.2. The maximum atomic E-state index is 15.4. The highest BCUT2D eigenvalue weighted by Crippen LogP contribution is 2.58. The second kappa shape index (κ2) is 27.3. The van der Waals surface area contributed by atoms with E-state index in [0.29, 0.717) is 0 Å². The maximum absolute atomic E-state index is 15.4. The van der Waals surface area contributed by atoms with Gasteiger partial charge in [-0.2, -0.15) is 63.1 Å². The molecule has 22 nitrogen and oxygen atoms in total. The smallest absolute Gasteiger partial charge is 0.307 e. The molecule has 1 fully saturated rings. The van der Waals surface area contributed by atoms with Crippen molar-refractivity contribution in [3.05, 3.63) is 217 Å². The van der Waals surface area contributed by atoms with Crippen molar-refractivity contribution in [3.8, 4) is 72.8 Å². The molecule has 0 radical (unpaired) electrons. The summed E-state index contributed by atoms with van der Waals surface area (Å²) in [7, 11) is 0. The van der Waals surface area contributed by atoms with Gasteiger partial charge in [-0.1, -0.05) is 13.1 Å². The first-order chi connectivity index (χ1) is 46.6. The molecule has 0 saturated heterocycles. The Bertz CT molecular complexity index is 5160. The second-order valence-electron chi connectivity index (χ2n) is 18.2. The molecule has 2 aliphatic carbocycles. The lowest BCUT2D eigenvalue weighted by atomic mass is 9.85. The quantitative estimate of drug-likeness (QED) is 0.0519. The van der Waals surface area contributed by atoms with Gasteiger partial charge in [0.15, 0.2) is 92.6 Å². The van der Waals surface area contributed by atoms with E-state index < -0.39 is 183 Å². The number of halogens is 15. The Morgan fingerprint density at radius 1 is 0.378 bits per heavy atom. The summed E-state index contributed by atoms with van der Waals surface area (Å²) in [4.78, 5) is 36.1. The minimum atomic E-state index is -2.46. The van der Waals surface area contributed by atoms with Crippen molar-refractivity contribution >= 4 is 67.3 Å². The van der Waals surface area contributed by atoms with Gasteiger partial charge in [-0.25, -0.2) is 95.5 Å². The normalized spacial score (nSPS) is 14.0. The predicted molar refractivity (Wildman–Crippen MR) is 290 cm³/mol. The van der Waals surface area contributed by atoms with Gasteiger partial charge < -0.3 is 9.69 Å². The zero-order chi connectivity index (χ0) is 73.0. The van der Waals surface area contributed by atoms with Gasteiger partial charge in [-0.15, -0.1) is 9.97 Å². The Hall–Kier alpha value is -15.9. The van der Waals surface area contributed by atoms with Crippen molar-refractivity contribution in [1.82, 2.24) is 29.9 Å². The van der Waals surface area contributed by atoms with Crippen LogP contribution < -0.4 is 0 Å². The maximum Gasteiger partial charge on any atom is 0.307 e. The van der Waals surface area contributed by atoms with Gasteiger partial charge in [0.1, 0.15) is 117 Å². The number of fused-ring (bicyclic) bond motifs is 6. The van der Waals surface area contributed by atoms with E-state index in [-0.39, 0.29) is 67.5 Å². The molecule has 0 spiro atoms. The van der Waals surface area contributed by atoms with Gasteiger partial charge in [-0.3, -0.25) is 0 Å². The van der Waals surface area contributed by atoms with E-state index in [4.69, 9.17) is 57.9 Å². The summed E-state index contributed by atoms with van der Waals surface area (Å²) >= 11 is 0. The summed E-state index contributed by atoms with van der Waals surface area (Å²) in [6.45, 7) is 29.4. The lowest BCUT2D eigenvalue weighted by molar-refractivity contribution is 0.350. The summed E-state index contributed by atoms with van der Waals surface area (Å²) in [6.07, 6.45) is 0. The van der Waals surface area contributed by atoms with Crippen LogP contribution >= 0.6 is 0 Å². The lowest BCUT2D eigenvalue weighted by Crippen LogP contribution is -2.20. The van der Waals surface area contributed by atoms with E-state index in [1.54, 1.807) is 24.3 Å². The number of hydrogen-bond acceptors (Lipinski definition) is 18. The highest BCUT2D eigenvalue weighted by Gasteiger charge is 2.47. The largest absolute Gasteiger partial charge is 0.358 e. The average Bonchev–Trinajstić information content (AvgIpc) is 1.63. The Labute approximate surface area is 533 Å². The lowest BCUT2D eigenvalue weighted by Gasteiger charge is -2.20. The van der Waals surface area contributed by atoms with Crippen LogP contribution in [-0.4, -0.2) is 29.9 Å². The van der Waals surface area contributed by atoms with Gasteiger partial charge in [-0.05, 0) is 23.6 Å². The Morgan fingerprint density at radius 3 is 1.05 bits per heavy atom. The minimum absolute atomic E-state index is 0.00714. The van der Waals surface area contributed by atoms with Crippen molar-refractivity contribution < 1.29 is 65.9 Å². The molecule has 0 bridgehead atoms. The number of allylic oxidation sites excluding steroid dienone is 11. The fourth-order valence-electron chi connectivity index (χ4n) is 8.93. The number of aromatic nitrogens is 6. The number of nitriles is 12. The fourth-order valence-corrected chi connectivity index (χ4v) is 8.93. The molecule has 2 aliphatic rings. The third-order valence-corrected chi connectivity index (χ3v) is 13.3. The molecule has 3 aromatic heterocycles. The molecule has 3 heterocycles. The van der Waals surface area contributed by atoms with Gasteiger partial charge in [0.05, 0.1) is 70.2 Å². The van der Waals surface area contributed by atoms with Crippen LogP contribution in [0.25, 0.3) is 69.3 Å². The zero-order valence-corrected chi connectivity index (χ0v) is 46.7. The molecule has 0 atom stereocenters. The number of benzene rings is 4. The van der Waals surface area contributed by atoms with Gasteiger partial charge in [0.2, 0.25) is 16.7 Å². The van der Waals surface area contributed by atoms with Crippen molar-refractivity contribution in [2.45, 2.75) is 6.92 Å². The van der Waals surface area contributed by atoms with E-state index in [2.05, 4.69) is 49.3 Å². The van der Waals surface area contributed by atoms with Crippen LogP contribution in [0.1, 0.15) is 56.2 Å². The molecule has 98 heavy (non-hydrogen) atoms. The van der Waals surface area contributed by atoms with Crippen LogP contribution in [0, 0.1) is 245 Å². The van der Waals surface area contributed by atoms with Gasteiger partial charge in [0.25, 0.3) is 5.69 Å². The Morgan fingerprint density at radius 2 is 0.724 bits per heavy atom. The summed E-state index contributed by atoms with van der Waals surface area (Å²) < 4.78 is 219. The van der Waals surface area contributed by atoms with Crippen molar-refractivity contribution in [1.29, 1.82) is 63.1 Å². The van der Waals surface area contributed by atoms with E-state index in [0.717, 1.165) is 43.3 Å². The topological polar surface area (TPSA) is 380 Å². The summed E-state index contributed by atoms with van der Waals surface area (Å²) in [5.74, 6) is -38.3. The van der Waals surface area contributed by atoms with Crippen molar-refractivity contribution in [3.63, 3.8) is 0 Å². The van der Waals surface area contributed by atoms with Crippen LogP contribution in [0.5, 0.6) is 0 Å². The summed E-state index contributed by atoms with van der Waals surface area (Å²) in [5, 5.41) is 109. The molecule has 4 aromatic carbocycles. The van der Waals surface area contributed by atoms with Crippen LogP contribution in [0.3, 0.4) is 0 Å². The third-order valence-electron chi connectivity index (χ3n) is 13.3. The molecule has 0 N–H and O–H groups in total. The molecule has 0 aliphatic heterocycles. The van der Waals surface area contributed by atoms with E-state index in [9.17, 15) is 71.1 Å². The second-order valence-corrected chi connectivity index (χ2v) is 18.2. The average molecular weight is 1330 g/mol. The van der Waals surface area contributed by atoms with Gasteiger partial charge >= 0.3 is 11.6 Å². The molecule has 0 unspecified atom stereocenters. The fraction of sp³-hybridized carbons (Fsp3) is 0.0492. The van der Waals surface area contributed by atoms with E-state index >= 15 is 26.3 Å². The van der Waals surface area contributed by atoms with Crippen LogP contribution in [0.15, 0.2) is 51.2 Å². The summed E-state index contributed by atoms with van der Waals surface area (Å²) in [5.41, 5.74) is -24.0. The first-order valence-electron chi connectivity index (χ1n) is 24.7. The molecule has 1 saturated carbocycles. The van der Waals surface area contributed by atoms with Crippen LogP contribution in [-0.2, 0) is 0 Å². The minimum Gasteiger partial charge on any atom is -0.358 e. The molecule has 7 aromatic rings. The Balaban J connectivity index is 0.000000229. The molecule has 9 rings (SSSR count). The molecule has 0 amide bonds. The highest BCUT2D eigenvalue weighted by molar-refractivity contribution is 6.19. The molecular weight excluding hydrogens is 1330 g/mol. The third kappa shape index (κ3) is 10.9.